The molecule has 0 bridgehead atoms. The van der Waals surface area contributed by atoms with Gasteiger partial charge in [-0.05, 0) is 18.3 Å². The lowest BCUT2D eigenvalue weighted by Crippen LogP contribution is -2.21. The van der Waals surface area contributed by atoms with Gasteiger partial charge in [0, 0.05) is 25.0 Å². The molecule has 2 N–H and O–H groups in total. The van der Waals surface area contributed by atoms with Crippen LogP contribution in [0.1, 0.15) is 13.3 Å². The molecule has 1 aliphatic carbocycles. The van der Waals surface area contributed by atoms with E-state index in [0.29, 0.717) is 0 Å². The van der Waals surface area contributed by atoms with Crippen molar-refractivity contribution in [1.29, 1.82) is 0 Å². The summed E-state index contributed by atoms with van der Waals surface area (Å²) in [5, 5.41) is 6.23. The standard InChI is InChI=1S/C10H18N2/c1-7-5-10(7)6-12-9(3)8(2)11-4/h7,10-12H,2-3,5-6H2,1,4H3. The first-order valence-electron chi connectivity index (χ1n) is 4.45. The van der Waals surface area contributed by atoms with Crippen molar-refractivity contribution in [2.75, 3.05) is 13.6 Å². The lowest BCUT2D eigenvalue weighted by Gasteiger charge is -2.10. The second-order valence-electron chi connectivity index (χ2n) is 3.56. The molecule has 2 unspecified atom stereocenters. The molecule has 0 amide bonds. The lowest BCUT2D eigenvalue weighted by molar-refractivity contribution is 0.672. The van der Waals surface area contributed by atoms with Gasteiger partial charge in [-0.25, -0.2) is 0 Å². The fraction of sp³-hybridized carbons (Fsp3) is 0.600. The molecule has 0 aliphatic heterocycles. The summed E-state index contributed by atoms with van der Waals surface area (Å²) in [6, 6.07) is 0. The molecule has 0 aromatic rings. The molecule has 0 spiro atoms. The van der Waals surface area contributed by atoms with Gasteiger partial charge >= 0.3 is 0 Å². The first-order chi connectivity index (χ1) is 5.65. The Morgan fingerprint density at radius 2 is 2.00 bits per heavy atom. The maximum atomic E-state index is 3.88. The third kappa shape index (κ3) is 2.29. The Morgan fingerprint density at radius 3 is 2.42 bits per heavy atom. The highest BCUT2D eigenvalue weighted by molar-refractivity contribution is 5.21. The van der Waals surface area contributed by atoms with Crippen LogP contribution in [0, 0.1) is 11.8 Å². The van der Waals surface area contributed by atoms with E-state index in [1.165, 1.54) is 6.42 Å². The molecule has 12 heavy (non-hydrogen) atoms. The van der Waals surface area contributed by atoms with Gasteiger partial charge in [0.1, 0.15) is 0 Å². The predicted molar refractivity (Wildman–Crippen MR) is 52.6 cm³/mol. The quantitative estimate of drug-likeness (QED) is 0.604. The summed E-state index contributed by atoms with van der Waals surface area (Å²) in [4.78, 5) is 0. The fourth-order valence-electron chi connectivity index (χ4n) is 1.20. The summed E-state index contributed by atoms with van der Waals surface area (Å²) in [7, 11) is 1.86. The Bertz CT molecular complexity index is 196. The normalized spacial score (nSPS) is 26.2. The molecule has 1 saturated carbocycles. The molecule has 1 rings (SSSR count). The third-order valence-corrected chi connectivity index (χ3v) is 2.52. The molecule has 0 aromatic heterocycles. The van der Waals surface area contributed by atoms with E-state index in [9.17, 15) is 0 Å². The number of nitrogens with one attached hydrogen (secondary N) is 2. The van der Waals surface area contributed by atoms with Crippen LogP contribution in [0.3, 0.4) is 0 Å². The Balaban J connectivity index is 2.14. The average molecular weight is 166 g/mol. The Kier molecular flexibility index (Phi) is 2.79. The zero-order valence-electron chi connectivity index (χ0n) is 7.98. The number of rotatable bonds is 5. The maximum absolute atomic E-state index is 3.88. The molecule has 2 nitrogen and oxygen atoms in total. The molecular formula is C10H18N2. The molecule has 68 valence electrons. The van der Waals surface area contributed by atoms with Crippen molar-refractivity contribution in [3.8, 4) is 0 Å². The van der Waals surface area contributed by atoms with E-state index in [1.807, 2.05) is 7.05 Å². The van der Waals surface area contributed by atoms with E-state index in [0.717, 1.165) is 29.8 Å². The molecule has 0 aromatic carbocycles. The van der Waals surface area contributed by atoms with Crippen LogP contribution in [0.15, 0.2) is 24.6 Å². The summed E-state index contributed by atoms with van der Waals surface area (Å²) in [6.45, 7) is 11.0. The average Bonchev–Trinajstić information content (AvgIpc) is 2.76. The predicted octanol–water partition coefficient (Wildman–Crippen LogP) is 1.48. The molecule has 1 fully saturated rings. The molecule has 0 heterocycles. The second-order valence-corrected chi connectivity index (χ2v) is 3.56. The Morgan fingerprint density at radius 1 is 1.42 bits per heavy atom. The lowest BCUT2D eigenvalue weighted by atomic mass is 10.3. The summed E-state index contributed by atoms with van der Waals surface area (Å²) >= 11 is 0. The first-order valence-corrected chi connectivity index (χ1v) is 4.45. The van der Waals surface area contributed by atoms with Crippen LogP contribution in [0.5, 0.6) is 0 Å². The van der Waals surface area contributed by atoms with Crippen LogP contribution in [-0.4, -0.2) is 13.6 Å². The Labute approximate surface area is 74.7 Å². The van der Waals surface area contributed by atoms with E-state index in [-0.39, 0.29) is 0 Å². The van der Waals surface area contributed by atoms with Gasteiger partial charge < -0.3 is 10.6 Å². The van der Waals surface area contributed by atoms with E-state index in [4.69, 9.17) is 0 Å². The molecule has 0 saturated heterocycles. The van der Waals surface area contributed by atoms with Crippen molar-refractivity contribution >= 4 is 0 Å². The third-order valence-electron chi connectivity index (χ3n) is 2.52. The van der Waals surface area contributed by atoms with Crippen LogP contribution in [0.25, 0.3) is 0 Å². The largest absolute Gasteiger partial charge is 0.387 e. The van der Waals surface area contributed by atoms with E-state index in [2.05, 4.69) is 30.7 Å². The molecule has 2 atom stereocenters. The van der Waals surface area contributed by atoms with Gasteiger partial charge in [0.15, 0.2) is 0 Å². The summed E-state index contributed by atoms with van der Waals surface area (Å²) < 4.78 is 0. The van der Waals surface area contributed by atoms with Crippen LogP contribution in [-0.2, 0) is 0 Å². The van der Waals surface area contributed by atoms with E-state index >= 15 is 0 Å². The second kappa shape index (κ2) is 3.65. The number of likely N-dealkylation sites (N-methyl/N-ethyl adjacent to an activating group) is 1. The zero-order chi connectivity index (χ0) is 9.14. The van der Waals surface area contributed by atoms with Gasteiger partial charge in [-0.3, -0.25) is 0 Å². The van der Waals surface area contributed by atoms with Crippen LogP contribution >= 0.6 is 0 Å². The van der Waals surface area contributed by atoms with Crippen molar-refractivity contribution in [3.63, 3.8) is 0 Å². The highest BCUT2D eigenvalue weighted by Crippen LogP contribution is 2.36. The van der Waals surface area contributed by atoms with E-state index in [1.54, 1.807) is 0 Å². The smallest absolute Gasteiger partial charge is 0.0496 e. The van der Waals surface area contributed by atoms with Gasteiger partial charge in [0.05, 0.1) is 0 Å². The van der Waals surface area contributed by atoms with Crippen molar-refractivity contribution in [2.45, 2.75) is 13.3 Å². The van der Waals surface area contributed by atoms with Crippen molar-refractivity contribution in [1.82, 2.24) is 10.6 Å². The van der Waals surface area contributed by atoms with Crippen molar-refractivity contribution in [2.24, 2.45) is 11.8 Å². The van der Waals surface area contributed by atoms with Crippen LogP contribution in [0.2, 0.25) is 0 Å². The number of hydrogen-bond acceptors (Lipinski definition) is 2. The summed E-state index contributed by atoms with van der Waals surface area (Å²) in [5.41, 5.74) is 1.79. The van der Waals surface area contributed by atoms with Gasteiger partial charge in [0.25, 0.3) is 0 Å². The SMILES string of the molecule is C=C(NC)C(=C)NCC1CC1C. The summed E-state index contributed by atoms with van der Waals surface area (Å²) in [6.07, 6.45) is 1.35. The Hall–Kier alpha value is -0.920. The van der Waals surface area contributed by atoms with Gasteiger partial charge in [-0.1, -0.05) is 20.1 Å². The zero-order valence-corrected chi connectivity index (χ0v) is 7.98. The van der Waals surface area contributed by atoms with Gasteiger partial charge in [-0.2, -0.15) is 0 Å². The maximum Gasteiger partial charge on any atom is 0.0496 e. The molecule has 0 radical (unpaired) electrons. The highest BCUT2D eigenvalue weighted by atomic mass is 15.0. The minimum absolute atomic E-state index is 0.853. The fourth-order valence-corrected chi connectivity index (χ4v) is 1.20. The molecule has 2 heteroatoms. The summed E-state index contributed by atoms with van der Waals surface area (Å²) in [5.74, 6) is 1.75. The number of hydrogen-bond donors (Lipinski definition) is 2. The van der Waals surface area contributed by atoms with Gasteiger partial charge in [0.2, 0.25) is 0 Å². The monoisotopic (exact) mass is 166 g/mol. The molecular weight excluding hydrogens is 148 g/mol. The minimum atomic E-state index is 0.853. The first kappa shape index (κ1) is 9.17. The van der Waals surface area contributed by atoms with Crippen molar-refractivity contribution in [3.05, 3.63) is 24.6 Å². The topological polar surface area (TPSA) is 24.1 Å². The van der Waals surface area contributed by atoms with Crippen LogP contribution < -0.4 is 10.6 Å². The van der Waals surface area contributed by atoms with Crippen LogP contribution in [0.4, 0.5) is 0 Å². The van der Waals surface area contributed by atoms with Gasteiger partial charge in [-0.15, -0.1) is 0 Å². The van der Waals surface area contributed by atoms with E-state index < -0.39 is 0 Å². The van der Waals surface area contributed by atoms with Crippen molar-refractivity contribution < 1.29 is 0 Å². The molecule has 1 aliphatic rings. The minimum Gasteiger partial charge on any atom is -0.387 e. The highest BCUT2D eigenvalue weighted by Gasteiger charge is 2.31.